The Balaban J connectivity index is 1.73. The third-order valence-corrected chi connectivity index (χ3v) is 4.96. The molecule has 124 valence electrons. The summed E-state index contributed by atoms with van der Waals surface area (Å²) in [5.74, 6) is 2.21. The van der Waals surface area contributed by atoms with Gasteiger partial charge in [0.25, 0.3) is 0 Å². The van der Waals surface area contributed by atoms with Crippen LogP contribution in [-0.2, 0) is 17.8 Å². The minimum atomic E-state index is 0.153. The van der Waals surface area contributed by atoms with Crippen LogP contribution < -0.4 is 10.2 Å². The van der Waals surface area contributed by atoms with Crippen LogP contribution >= 0.6 is 0 Å². The van der Waals surface area contributed by atoms with Gasteiger partial charge in [-0.05, 0) is 31.9 Å². The van der Waals surface area contributed by atoms with E-state index in [0.29, 0.717) is 18.9 Å². The topological polar surface area (TPSA) is 58.1 Å². The largest absolute Gasteiger partial charge is 0.316 e. The quantitative estimate of drug-likeness (QED) is 0.942. The molecular formula is C19H22N4O. The maximum Gasteiger partial charge on any atom is 0.228 e. The molecule has 1 fully saturated rings. The molecule has 0 aliphatic carbocycles. The summed E-state index contributed by atoms with van der Waals surface area (Å²) in [7, 11) is 0. The summed E-state index contributed by atoms with van der Waals surface area (Å²) in [6.07, 6.45) is 2.34. The average molecular weight is 322 g/mol. The molecule has 1 saturated heterocycles. The first-order valence-corrected chi connectivity index (χ1v) is 8.65. The molecule has 1 unspecified atom stereocenters. The number of hydrogen-bond donors (Lipinski definition) is 1. The number of carbonyl (C=O) groups excluding carboxylic acids is 1. The molecule has 1 aromatic carbocycles. The number of rotatable bonds is 3. The highest BCUT2D eigenvalue weighted by molar-refractivity contribution is 5.95. The second-order valence-electron chi connectivity index (χ2n) is 6.62. The summed E-state index contributed by atoms with van der Waals surface area (Å²) in [6, 6.07) is 10.1. The van der Waals surface area contributed by atoms with Crippen LogP contribution in [0.25, 0.3) is 0 Å². The van der Waals surface area contributed by atoms with E-state index in [1.807, 2.05) is 30.0 Å². The second-order valence-corrected chi connectivity index (χ2v) is 6.62. The van der Waals surface area contributed by atoms with Gasteiger partial charge in [0.1, 0.15) is 11.6 Å². The first-order chi connectivity index (χ1) is 11.7. The molecular weight excluding hydrogens is 300 g/mol. The minimum absolute atomic E-state index is 0.153. The Morgan fingerprint density at radius 3 is 2.79 bits per heavy atom. The van der Waals surface area contributed by atoms with Crippen LogP contribution in [0.15, 0.2) is 30.3 Å². The number of nitrogens with one attached hydrogen (secondary N) is 1. The zero-order chi connectivity index (χ0) is 16.5. The first-order valence-electron chi connectivity index (χ1n) is 8.65. The summed E-state index contributed by atoms with van der Waals surface area (Å²) in [5, 5.41) is 3.37. The van der Waals surface area contributed by atoms with Crippen molar-refractivity contribution >= 4 is 11.7 Å². The number of hydrogen-bond acceptors (Lipinski definition) is 4. The lowest BCUT2D eigenvalue weighted by Gasteiger charge is -2.30. The number of carbonyl (C=O) groups is 1. The van der Waals surface area contributed by atoms with Crippen LogP contribution in [0.3, 0.4) is 0 Å². The molecule has 0 bridgehead atoms. The first kappa shape index (κ1) is 15.3. The number of anilines is 1. The van der Waals surface area contributed by atoms with Gasteiger partial charge in [-0.2, -0.15) is 0 Å². The molecule has 1 aromatic heterocycles. The van der Waals surface area contributed by atoms with Crippen molar-refractivity contribution in [1.82, 2.24) is 15.3 Å². The molecule has 2 aliphatic heterocycles. The molecule has 1 amide bonds. The monoisotopic (exact) mass is 322 g/mol. The molecule has 24 heavy (non-hydrogen) atoms. The van der Waals surface area contributed by atoms with Crippen LogP contribution in [0.1, 0.15) is 41.4 Å². The molecule has 3 heterocycles. The van der Waals surface area contributed by atoms with Gasteiger partial charge in [-0.3, -0.25) is 9.69 Å². The highest BCUT2D eigenvalue weighted by atomic mass is 16.2. The van der Waals surface area contributed by atoms with E-state index in [0.717, 1.165) is 54.4 Å². The van der Waals surface area contributed by atoms with Crippen LogP contribution in [0, 0.1) is 6.92 Å². The molecule has 5 nitrogen and oxygen atoms in total. The summed E-state index contributed by atoms with van der Waals surface area (Å²) in [4.78, 5) is 24.0. The average Bonchev–Trinajstić information content (AvgIpc) is 3.13. The minimum Gasteiger partial charge on any atom is -0.316 e. The van der Waals surface area contributed by atoms with Crippen LogP contribution in [0.4, 0.5) is 5.82 Å². The van der Waals surface area contributed by atoms with E-state index in [4.69, 9.17) is 9.97 Å². The van der Waals surface area contributed by atoms with Gasteiger partial charge in [-0.25, -0.2) is 9.97 Å². The Kier molecular flexibility index (Phi) is 4.02. The fourth-order valence-electron chi connectivity index (χ4n) is 3.59. The summed E-state index contributed by atoms with van der Waals surface area (Å²) in [6.45, 7) is 4.55. The van der Waals surface area contributed by atoms with E-state index in [2.05, 4.69) is 17.4 Å². The van der Waals surface area contributed by atoms with Gasteiger partial charge in [0, 0.05) is 30.1 Å². The number of fused-ring (bicyclic) bond motifs is 1. The molecule has 0 radical (unpaired) electrons. The summed E-state index contributed by atoms with van der Waals surface area (Å²) >= 11 is 0. The van der Waals surface area contributed by atoms with Crippen molar-refractivity contribution in [2.75, 3.05) is 18.0 Å². The maximum atomic E-state index is 12.6. The highest BCUT2D eigenvalue weighted by Gasteiger charge is 2.30. The zero-order valence-corrected chi connectivity index (χ0v) is 14.0. The molecule has 2 aromatic rings. The van der Waals surface area contributed by atoms with Gasteiger partial charge in [0.15, 0.2) is 0 Å². The predicted molar refractivity (Wildman–Crippen MR) is 92.9 cm³/mol. The second kappa shape index (κ2) is 6.32. The normalized spacial score (nSPS) is 20.3. The number of aromatic nitrogens is 2. The molecule has 1 N–H and O–H groups in total. The Morgan fingerprint density at radius 1 is 1.21 bits per heavy atom. The molecule has 5 heteroatoms. The summed E-state index contributed by atoms with van der Waals surface area (Å²) < 4.78 is 0. The van der Waals surface area contributed by atoms with Gasteiger partial charge >= 0.3 is 0 Å². The molecule has 4 rings (SSSR count). The lowest BCUT2D eigenvalue weighted by Crippen LogP contribution is -2.36. The maximum absolute atomic E-state index is 12.6. The van der Waals surface area contributed by atoms with E-state index in [1.165, 1.54) is 0 Å². The van der Waals surface area contributed by atoms with Crippen molar-refractivity contribution in [3.05, 3.63) is 53.0 Å². The SMILES string of the molecule is Cc1nc(C2CCNC2)nc2c1CCC(=O)N2Cc1ccccc1. The van der Waals surface area contributed by atoms with E-state index in [1.54, 1.807) is 0 Å². The Morgan fingerprint density at radius 2 is 2.04 bits per heavy atom. The van der Waals surface area contributed by atoms with Crippen molar-refractivity contribution in [2.45, 2.75) is 38.6 Å². The van der Waals surface area contributed by atoms with Gasteiger partial charge in [-0.15, -0.1) is 0 Å². The Hall–Kier alpha value is -2.27. The lowest BCUT2D eigenvalue weighted by atomic mass is 10.0. The van der Waals surface area contributed by atoms with E-state index >= 15 is 0 Å². The summed E-state index contributed by atoms with van der Waals surface area (Å²) in [5.41, 5.74) is 3.27. The van der Waals surface area contributed by atoms with E-state index in [-0.39, 0.29) is 5.91 Å². The third-order valence-electron chi connectivity index (χ3n) is 4.96. The molecule has 0 saturated carbocycles. The van der Waals surface area contributed by atoms with Gasteiger partial charge < -0.3 is 5.32 Å². The van der Waals surface area contributed by atoms with Crippen molar-refractivity contribution in [3.63, 3.8) is 0 Å². The molecule has 2 aliphatic rings. The molecule has 1 atom stereocenters. The number of nitrogens with zero attached hydrogens (tertiary/aromatic N) is 3. The van der Waals surface area contributed by atoms with E-state index < -0.39 is 0 Å². The number of benzene rings is 1. The van der Waals surface area contributed by atoms with Crippen molar-refractivity contribution in [3.8, 4) is 0 Å². The van der Waals surface area contributed by atoms with Gasteiger partial charge in [-0.1, -0.05) is 30.3 Å². The van der Waals surface area contributed by atoms with Crippen LogP contribution in [0.2, 0.25) is 0 Å². The smallest absolute Gasteiger partial charge is 0.228 e. The fraction of sp³-hybridized carbons (Fsp3) is 0.421. The number of amides is 1. The zero-order valence-electron chi connectivity index (χ0n) is 14.0. The Bertz CT molecular complexity index is 753. The predicted octanol–water partition coefficient (Wildman–Crippen LogP) is 2.34. The van der Waals surface area contributed by atoms with Crippen molar-refractivity contribution in [1.29, 1.82) is 0 Å². The van der Waals surface area contributed by atoms with Gasteiger partial charge in [0.05, 0.1) is 6.54 Å². The standard InChI is InChI=1S/C19H22N4O/c1-13-16-7-8-17(24)23(12-14-5-3-2-4-6-14)19(16)22-18(21-13)15-9-10-20-11-15/h2-6,15,20H,7-12H2,1H3. The van der Waals surface area contributed by atoms with Crippen molar-refractivity contribution in [2.24, 2.45) is 0 Å². The van der Waals surface area contributed by atoms with Crippen LogP contribution in [0.5, 0.6) is 0 Å². The third kappa shape index (κ3) is 2.80. The lowest BCUT2D eigenvalue weighted by molar-refractivity contribution is -0.119. The fourth-order valence-corrected chi connectivity index (χ4v) is 3.59. The van der Waals surface area contributed by atoms with Crippen LogP contribution in [-0.4, -0.2) is 29.0 Å². The number of aryl methyl sites for hydroxylation is 1. The highest BCUT2D eigenvalue weighted by Crippen LogP contribution is 2.31. The molecule has 0 spiro atoms. The van der Waals surface area contributed by atoms with Crippen molar-refractivity contribution < 1.29 is 4.79 Å². The van der Waals surface area contributed by atoms with E-state index in [9.17, 15) is 4.79 Å². The Labute approximate surface area is 142 Å². The van der Waals surface area contributed by atoms with Gasteiger partial charge in [0.2, 0.25) is 5.91 Å².